The quantitative estimate of drug-likeness (QED) is 0.537. The van der Waals surface area contributed by atoms with Gasteiger partial charge in [-0.1, -0.05) is 6.07 Å². The van der Waals surface area contributed by atoms with Crippen molar-refractivity contribution in [1.82, 2.24) is 23.8 Å². The maximum atomic E-state index is 14.1. The van der Waals surface area contributed by atoms with Gasteiger partial charge in [0.15, 0.2) is 17.3 Å². The number of hydrogen-bond acceptors (Lipinski definition) is 4. The van der Waals surface area contributed by atoms with Crippen molar-refractivity contribution >= 4 is 23.7 Å². The molecule has 0 fully saturated rings. The smallest absolute Gasteiger partial charge is 0.304 e. The monoisotopic (exact) mass is 331 g/mol. The van der Waals surface area contributed by atoms with Crippen LogP contribution in [-0.2, 0) is 0 Å². The predicted molar refractivity (Wildman–Crippen MR) is 85.4 cm³/mol. The van der Waals surface area contributed by atoms with Crippen LogP contribution < -0.4 is 5.69 Å². The maximum absolute atomic E-state index is 14.1. The minimum atomic E-state index is -0.484. The Bertz CT molecular complexity index is 1090. The summed E-state index contributed by atoms with van der Waals surface area (Å²) >= 11 is 0. The summed E-state index contributed by atoms with van der Waals surface area (Å²) in [5, 5.41) is 0. The molecule has 4 aromatic rings. The van der Waals surface area contributed by atoms with Gasteiger partial charge < -0.3 is 4.40 Å². The highest BCUT2D eigenvalue weighted by molar-refractivity contribution is 5.85. The van der Waals surface area contributed by atoms with E-state index in [9.17, 15) is 9.18 Å². The summed E-state index contributed by atoms with van der Waals surface area (Å²) in [5.41, 5.74) is 1.36. The molecule has 8 heteroatoms. The number of imidazole rings is 1. The molecule has 0 spiro atoms. The van der Waals surface area contributed by atoms with E-state index in [2.05, 4.69) is 15.0 Å². The fourth-order valence-corrected chi connectivity index (χ4v) is 2.40. The lowest BCUT2D eigenvalue weighted by molar-refractivity contribution is 0.630. The number of fused-ring (bicyclic) bond motifs is 2. The Morgan fingerprint density at radius 3 is 2.78 bits per heavy atom. The van der Waals surface area contributed by atoms with E-state index in [1.54, 1.807) is 48.1 Å². The largest absolute Gasteiger partial charge is 0.355 e. The molecule has 23 heavy (non-hydrogen) atoms. The number of aryl methyl sites for hydroxylation is 1. The maximum Gasteiger partial charge on any atom is 0.355 e. The zero-order valence-corrected chi connectivity index (χ0v) is 12.8. The van der Waals surface area contributed by atoms with E-state index >= 15 is 0 Å². The van der Waals surface area contributed by atoms with Crippen LogP contribution in [0.3, 0.4) is 0 Å². The first-order valence-electron chi connectivity index (χ1n) is 6.62. The van der Waals surface area contributed by atoms with Crippen LogP contribution in [0, 0.1) is 12.7 Å². The number of halogens is 2. The third kappa shape index (κ3) is 2.44. The summed E-state index contributed by atoms with van der Waals surface area (Å²) < 4.78 is 17.0. The van der Waals surface area contributed by atoms with Gasteiger partial charge in [-0.05, 0) is 25.1 Å². The second-order valence-corrected chi connectivity index (χ2v) is 4.95. The van der Waals surface area contributed by atoms with E-state index in [4.69, 9.17) is 0 Å². The lowest BCUT2D eigenvalue weighted by Crippen LogP contribution is -2.19. The standard InChI is InChI=1S/C15H10FN5O.ClH/c1-9-7-20-8-10(6-11(16)14(20)17-9)13-18-12-4-2-3-5-21(12)15(22)19-13;/h2-8H,1H3;1H. The minimum absolute atomic E-state index is 0. The minimum Gasteiger partial charge on any atom is -0.304 e. The molecule has 0 aliphatic carbocycles. The van der Waals surface area contributed by atoms with Gasteiger partial charge in [0.05, 0.1) is 5.69 Å². The number of hydrogen-bond donors (Lipinski definition) is 0. The molecular formula is C15H11ClFN5O. The van der Waals surface area contributed by atoms with Crippen LogP contribution in [0.25, 0.3) is 22.7 Å². The first-order valence-corrected chi connectivity index (χ1v) is 6.62. The van der Waals surface area contributed by atoms with E-state index < -0.39 is 11.5 Å². The van der Waals surface area contributed by atoms with E-state index in [1.807, 2.05) is 0 Å². The molecular weight excluding hydrogens is 321 g/mol. The average Bonchev–Trinajstić information content (AvgIpc) is 2.88. The SMILES string of the molecule is Cc1cn2cc(-c3nc(=O)n4ccccc4n3)cc(F)c2n1.Cl. The van der Waals surface area contributed by atoms with E-state index in [-0.39, 0.29) is 23.9 Å². The Morgan fingerprint density at radius 2 is 1.96 bits per heavy atom. The Morgan fingerprint density at radius 1 is 1.13 bits per heavy atom. The van der Waals surface area contributed by atoms with Crippen LogP contribution in [0.15, 0.2) is 47.7 Å². The summed E-state index contributed by atoms with van der Waals surface area (Å²) in [7, 11) is 0. The van der Waals surface area contributed by atoms with Gasteiger partial charge in [-0.3, -0.25) is 4.40 Å². The van der Waals surface area contributed by atoms with Crippen molar-refractivity contribution in [2.24, 2.45) is 0 Å². The van der Waals surface area contributed by atoms with Gasteiger partial charge in [-0.25, -0.2) is 19.2 Å². The van der Waals surface area contributed by atoms with E-state index in [1.165, 1.54) is 10.5 Å². The number of rotatable bonds is 1. The van der Waals surface area contributed by atoms with Crippen molar-refractivity contribution in [3.8, 4) is 11.4 Å². The van der Waals surface area contributed by atoms with Crippen LogP contribution in [0.4, 0.5) is 4.39 Å². The fraction of sp³-hybridized carbons (Fsp3) is 0.0667. The molecule has 0 unspecified atom stereocenters. The summed E-state index contributed by atoms with van der Waals surface area (Å²) in [5.74, 6) is -0.300. The summed E-state index contributed by atoms with van der Waals surface area (Å²) in [6.07, 6.45) is 4.95. The van der Waals surface area contributed by atoms with Gasteiger partial charge >= 0.3 is 5.69 Å². The van der Waals surface area contributed by atoms with E-state index in [0.29, 0.717) is 16.9 Å². The highest BCUT2D eigenvalue weighted by Crippen LogP contribution is 2.19. The number of pyridine rings is 2. The summed E-state index contributed by atoms with van der Waals surface area (Å²) in [6, 6.07) is 6.48. The molecule has 116 valence electrons. The molecule has 4 heterocycles. The zero-order chi connectivity index (χ0) is 15.3. The molecule has 0 N–H and O–H groups in total. The normalized spacial score (nSPS) is 10.9. The van der Waals surface area contributed by atoms with Gasteiger partial charge in [0.2, 0.25) is 0 Å². The molecule has 4 rings (SSSR count). The first-order chi connectivity index (χ1) is 10.6. The first kappa shape index (κ1) is 15.1. The van der Waals surface area contributed by atoms with Gasteiger partial charge in [0.25, 0.3) is 0 Å². The molecule has 0 bridgehead atoms. The van der Waals surface area contributed by atoms with Crippen molar-refractivity contribution in [2.45, 2.75) is 6.92 Å². The van der Waals surface area contributed by atoms with Crippen molar-refractivity contribution in [2.75, 3.05) is 0 Å². The summed E-state index contributed by atoms with van der Waals surface area (Å²) in [4.78, 5) is 24.4. The predicted octanol–water partition coefficient (Wildman–Crippen LogP) is 2.27. The average molecular weight is 332 g/mol. The molecule has 0 saturated carbocycles. The molecule has 6 nitrogen and oxygen atoms in total. The molecule has 0 radical (unpaired) electrons. The zero-order valence-electron chi connectivity index (χ0n) is 12.0. The summed E-state index contributed by atoms with van der Waals surface area (Å²) in [6.45, 7) is 1.78. The molecule has 4 aromatic heterocycles. The molecule has 0 aliphatic rings. The van der Waals surface area contributed by atoms with Crippen LogP contribution in [0.1, 0.15) is 5.69 Å². The number of nitrogens with zero attached hydrogens (tertiary/aromatic N) is 5. The lowest BCUT2D eigenvalue weighted by atomic mass is 10.2. The topological polar surface area (TPSA) is 64.6 Å². The van der Waals surface area contributed by atoms with Crippen LogP contribution in [0.5, 0.6) is 0 Å². The van der Waals surface area contributed by atoms with E-state index in [0.717, 1.165) is 0 Å². The van der Waals surface area contributed by atoms with Gasteiger partial charge in [0.1, 0.15) is 5.65 Å². The van der Waals surface area contributed by atoms with Crippen LogP contribution >= 0.6 is 12.4 Å². The lowest BCUT2D eigenvalue weighted by Gasteiger charge is -2.04. The Balaban J connectivity index is 0.00000156. The van der Waals surface area contributed by atoms with Crippen molar-refractivity contribution in [3.63, 3.8) is 0 Å². The number of aromatic nitrogens is 5. The molecule has 0 saturated heterocycles. The van der Waals surface area contributed by atoms with Gasteiger partial charge in [0, 0.05) is 24.2 Å². The van der Waals surface area contributed by atoms with Crippen LogP contribution in [-0.4, -0.2) is 23.8 Å². The van der Waals surface area contributed by atoms with Gasteiger partial charge in [-0.15, -0.1) is 12.4 Å². The third-order valence-electron chi connectivity index (χ3n) is 3.35. The van der Waals surface area contributed by atoms with Crippen molar-refractivity contribution in [3.05, 3.63) is 64.9 Å². The Kier molecular flexibility index (Phi) is 3.57. The highest BCUT2D eigenvalue weighted by Gasteiger charge is 2.11. The Labute approximate surface area is 135 Å². The van der Waals surface area contributed by atoms with Gasteiger partial charge in [-0.2, -0.15) is 4.98 Å². The fourth-order valence-electron chi connectivity index (χ4n) is 2.40. The second kappa shape index (κ2) is 5.44. The molecule has 0 amide bonds. The molecule has 0 atom stereocenters. The highest BCUT2D eigenvalue weighted by atomic mass is 35.5. The second-order valence-electron chi connectivity index (χ2n) is 4.95. The van der Waals surface area contributed by atoms with Crippen molar-refractivity contribution < 1.29 is 4.39 Å². The van der Waals surface area contributed by atoms with Crippen molar-refractivity contribution in [1.29, 1.82) is 0 Å². The third-order valence-corrected chi connectivity index (χ3v) is 3.35. The molecule has 0 aromatic carbocycles. The molecule has 0 aliphatic heterocycles. The Hall–Kier alpha value is -2.80. The van der Waals surface area contributed by atoms with Crippen LogP contribution in [0.2, 0.25) is 0 Å².